The van der Waals surface area contributed by atoms with Crippen LogP contribution in [-0.2, 0) is 11.8 Å². The molecule has 7 nitrogen and oxygen atoms in total. The minimum Gasteiger partial charge on any atom is -0.462 e. The van der Waals surface area contributed by atoms with Crippen LogP contribution < -0.4 is 5.32 Å². The summed E-state index contributed by atoms with van der Waals surface area (Å²) in [5.74, 6) is -0.706. The van der Waals surface area contributed by atoms with Crippen molar-refractivity contribution in [2.45, 2.75) is 6.92 Å². The van der Waals surface area contributed by atoms with Crippen LogP contribution in [-0.4, -0.2) is 32.3 Å². The molecule has 0 aliphatic carbocycles. The second kappa shape index (κ2) is 6.40. The third kappa shape index (κ3) is 3.00. The van der Waals surface area contributed by atoms with Crippen LogP contribution in [0.2, 0.25) is 5.28 Å². The minimum atomic E-state index is -0.531. The molecule has 0 amide bonds. The Hall–Kier alpha value is -2.74. The van der Waals surface area contributed by atoms with E-state index in [-0.39, 0.29) is 23.1 Å². The summed E-state index contributed by atoms with van der Waals surface area (Å²) in [6, 6.07) is 3.91. The maximum absolute atomic E-state index is 14.1. The Labute approximate surface area is 141 Å². The Morgan fingerprint density at radius 2 is 2.25 bits per heavy atom. The van der Waals surface area contributed by atoms with Gasteiger partial charge in [-0.2, -0.15) is 10.1 Å². The van der Waals surface area contributed by atoms with Crippen molar-refractivity contribution in [1.29, 1.82) is 0 Å². The number of nitrogens with one attached hydrogen (secondary N) is 1. The molecular weight excluding hydrogens is 337 g/mol. The average molecular weight is 350 g/mol. The van der Waals surface area contributed by atoms with Crippen molar-refractivity contribution < 1.29 is 13.9 Å². The van der Waals surface area contributed by atoms with Crippen LogP contribution in [0.25, 0.3) is 11.0 Å². The number of ether oxygens (including phenoxy) is 1. The Bertz CT molecular complexity index is 928. The summed E-state index contributed by atoms with van der Waals surface area (Å²) >= 11 is 5.78. The zero-order valence-electron chi connectivity index (χ0n) is 12.9. The number of aromatic nitrogens is 4. The van der Waals surface area contributed by atoms with Gasteiger partial charge in [0.15, 0.2) is 11.5 Å². The van der Waals surface area contributed by atoms with Gasteiger partial charge in [-0.25, -0.2) is 18.9 Å². The van der Waals surface area contributed by atoms with Gasteiger partial charge in [-0.05, 0) is 36.7 Å². The van der Waals surface area contributed by atoms with Crippen LogP contribution >= 0.6 is 11.6 Å². The highest BCUT2D eigenvalue weighted by Crippen LogP contribution is 2.26. The molecule has 0 bridgehead atoms. The van der Waals surface area contributed by atoms with Crippen molar-refractivity contribution in [1.82, 2.24) is 19.7 Å². The summed E-state index contributed by atoms with van der Waals surface area (Å²) in [6.45, 7) is 1.94. The summed E-state index contributed by atoms with van der Waals surface area (Å²) in [4.78, 5) is 19.8. The second-order valence-electron chi connectivity index (χ2n) is 4.89. The van der Waals surface area contributed by atoms with E-state index in [0.717, 1.165) is 0 Å². The molecule has 0 spiro atoms. The van der Waals surface area contributed by atoms with E-state index in [9.17, 15) is 9.18 Å². The number of hydrogen-bond acceptors (Lipinski definition) is 6. The van der Waals surface area contributed by atoms with Crippen molar-refractivity contribution >= 4 is 40.1 Å². The SMILES string of the molecule is CCOC(=O)c1ccc(F)c(Nc2nn(C)c3nc(Cl)ncc23)c1. The van der Waals surface area contributed by atoms with Crippen molar-refractivity contribution in [3.8, 4) is 0 Å². The van der Waals surface area contributed by atoms with Gasteiger partial charge in [0.2, 0.25) is 5.28 Å². The summed E-state index contributed by atoms with van der Waals surface area (Å²) in [5.41, 5.74) is 0.829. The zero-order valence-corrected chi connectivity index (χ0v) is 13.6. The summed E-state index contributed by atoms with van der Waals surface area (Å²) in [7, 11) is 1.68. The largest absolute Gasteiger partial charge is 0.462 e. The minimum absolute atomic E-state index is 0.0903. The van der Waals surface area contributed by atoms with Gasteiger partial charge in [0.25, 0.3) is 0 Å². The van der Waals surface area contributed by atoms with Gasteiger partial charge in [-0.15, -0.1) is 0 Å². The number of rotatable bonds is 4. The van der Waals surface area contributed by atoms with Crippen LogP contribution in [0.1, 0.15) is 17.3 Å². The Balaban J connectivity index is 1.99. The Kier molecular flexibility index (Phi) is 4.30. The highest BCUT2D eigenvalue weighted by atomic mass is 35.5. The van der Waals surface area contributed by atoms with E-state index < -0.39 is 11.8 Å². The van der Waals surface area contributed by atoms with E-state index in [1.54, 1.807) is 14.0 Å². The Morgan fingerprint density at radius 1 is 1.46 bits per heavy atom. The van der Waals surface area contributed by atoms with Gasteiger partial charge >= 0.3 is 5.97 Å². The molecule has 0 saturated heterocycles. The lowest BCUT2D eigenvalue weighted by Crippen LogP contribution is -2.06. The molecular formula is C15H13ClFN5O2. The number of nitrogens with zero attached hydrogens (tertiary/aromatic N) is 4. The molecule has 24 heavy (non-hydrogen) atoms. The highest BCUT2D eigenvalue weighted by molar-refractivity contribution is 6.28. The second-order valence-corrected chi connectivity index (χ2v) is 5.23. The summed E-state index contributed by atoms with van der Waals surface area (Å²) in [5, 5.41) is 7.76. The molecule has 0 aliphatic heterocycles. The zero-order chi connectivity index (χ0) is 17.3. The van der Waals surface area contributed by atoms with Crippen LogP contribution in [0.15, 0.2) is 24.4 Å². The molecule has 2 heterocycles. The topological polar surface area (TPSA) is 81.9 Å². The molecule has 9 heteroatoms. The summed E-state index contributed by atoms with van der Waals surface area (Å²) < 4.78 is 20.5. The van der Waals surface area contributed by atoms with Crippen LogP contribution in [0, 0.1) is 5.82 Å². The molecule has 1 N–H and O–H groups in total. The van der Waals surface area contributed by atoms with Gasteiger partial charge < -0.3 is 10.1 Å². The van der Waals surface area contributed by atoms with E-state index in [4.69, 9.17) is 16.3 Å². The first-order valence-electron chi connectivity index (χ1n) is 7.08. The lowest BCUT2D eigenvalue weighted by molar-refractivity contribution is 0.0526. The molecule has 2 aromatic heterocycles. The van der Waals surface area contributed by atoms with Gasteiger partial charge in [-0.1, -0.05) is 0 Å². The van der Waals surface area contributed by atoms with Gasteiger partial charge in [0, 0.05) is 13.2 Å². The van der Waals surface area contributed by atoms with E-state index in [1.807, 2.05) is 0 Å². The number of carbonyl (C=O) groups is 1. The van der Waals surface area contributed by atoms with Crippen molar-refractivity contribution in [3.63, 3.8) is 0 Å². The number of carbonyl (C=O) groups excluding carboxylic acids is 1. The van der Waals surface area contributed by atoms with Gasteiger partial charge in [0.1, 0.15) is 5.82 Å². The van der Waals surface area contributed by atoms with Crippen molar-refractivity contribution in [2.24, 2.45) is 7.05 Å². The first-order chi connectivity index (χ1) is 11.5. The van der Waals surface area contributed by atoms with Gasteiger partial charge in [0.05, 0.1) is 23.2 Å². The number of esters is 1. The number of benzene rings is 1. The maximum Gasteiger partial charge on any atom is 0.338 e. The van der Waals surface area contributed by atoms with E-state index >= 15 is 0 Å². The third-order valence-electron chi connectivity index (χ3n) is 3.28. The predicted molar refractivity (Wildman–Crippen MR) is 87.0 cm³/mol. The number of halogens is 2. The quantitative estimate of drug-likeness (QED) is 0.576. The molecule has 0 unspecified atom stereocenters. The highest BCUT2D eigenvalue weighted by Gasteiger charge is 2.15. The number of anilines is 2. The molecule has 124 valence electrons. The van der Waals surface area contributed by atoms with E-state index in [1.165, 1.54) is 29.1 Å². The van der Waals surface area contributed by atoms with E-state index in [0.29, 0.717) is 16.9 Å². The fourth-order valence-corrected chi connectivity index (χ4v) is 2.33. The third-order valence-corrected chi connectivity index (χ3v) is 3.46. The molecule has 0 aliphatic rings. The van der Waals surface area contributed by atoms with Crippen molar-refractivity contribution in [2.75, 3.05) is 11.9 Å². The monoisotopic (exact) mass is 349 g/mol. The normalized spacial score (nSPS) is 10.8. The van der Waals surface area contributed by atoms with E-state index in [2.05, 4.69) is 20.4 Å². The first kappa shape index (κ1) is 16.1. The van der Waals surface area contributed by atoms with Crippen LogP contribution in [0.5, 0.6) is 0 Å². The van der Waals surface area contributed by atoms with Gasteiger partial charge in [-0.3, -0.25) is 0 Å². The molecule has 0 radical (unpaired) electrons. The maximum atomic E-state index is 14.1. The number of aryl methyl sites for hydroxylation is 1. The molecule has 0 fully saturated rings. The standard InChI is InChI=1S/C15H13ClFN5O2/c1-3-24-14(23)8-4-5-10(17)11(6-8)19-12-9-7-18-15(16)20-13(9)22(2)21-12/h4-7H,3H2,1-2H3,(H,19,21). The molecule has 0 saturated carbocycles. The number of fused-ring (bicyclic) bond motifs is 1. The lowest BCUT2D eigenvalue weighted by Gasteiger charge is -2.08. The molecule has 1 aromatic carbocycles. The molecule has 3 aromatic rings. The van der Waals surface area contributed by atoms with Crippen LogP contribution in [0.3, 0.4) is 0 Å². The number of hydrogen-bond donors (Lipinski definition) is 1. The first-order valence-corrected chi connectivity index (χ1v) is 7.46. The smallest absolute Gasteiger partial charge is 0.338 e. The average Bonchev–Trinajstić information content (AvgIpc) is 2.85. The lowest BCUT2D eigenvalue weighted by atomic mass is 10.2. The predicted octanol–water partition coefficient (Wildman–Crippen LogP) is 3.08. The van der Waals surface area contributed by atoms with Crippen LogP contribution in [0.4, 0.5) is 15.9 Å². The fraction of sp³-hybridized carbons (Fsp3) is 0.200. The summed E-state index contributed by atoms with van der Waals surface area (Å²) in [6.07, 6.45) is 1.49. The fourth-order valence-electron chi connectivity index (χ4n) is 2.20. The molecule has 0 atom stereocenters. The Morgan fingerprint density at radius 3 is 3.00 bits per heavy atom. The molecule has 3 rings (SSSR count). The van der Waals surface area contributed by atoms with Crippen molar-refractivity contribution in [3.05, 3.63) is 41.1 Å².